The highest BCUT2D eigenvalue weighted by molar-refractivity contribution is 8.00. The standard InChI is InChI=1S/C74H59BN2SSi/c1-73(2,3)51-36-39-64(59(44-51)48-23-11-7-12-24-48)77-66-46-60-58-32-20-22-34-70(58)79(54-27-15-9-16-28-54,55-29-17-10-18-30-55)71(60)47-61(66)75-62-45-52(74(4,5)6)37-40-68(62)78-69-43-50(42-67(77)72(69)75)49-35-38-57-56-31-19-21-33-63(56)76(65(57)41-49)53-25-13-8-14-26-53/h7-47H,1-6H3/i8D,13D,14D,25D,26D. The molecule has 1 aromatic heterocycles. The molecule has 0 unspecified atom stereocenters. The number of hydrogen-bond acceptors (Lipinski definition) is 2. The summed E-state index contributed by atoms with van der Waals surface area (Å²) in [5.74, 6) is 0. The molecule has 15 rings (SSSR count). The third-order valence-corrected chi connectivity index (χ3v) is 23.1. The first-order chi connectivity index (χ1) is 40.5. The van der Waals surface area contributed by atoms with E-state index < -0.39 is 14.1 Å². The average Bonchev–Trinajstić information content (AvgIpc) is 1.46. The number of benzene rings is 11. The quantitative estimate of drug-likeness (QED) is 0.153. The zero-order valence-corrected chi connectivity index (χ0v) is 47.0. The van der Waals surface area contributed by atoms with Crippen LogP contribution in [0.1, 0.15) is 59.5 Å². The molecule has 0 bridgehead atoms. The minimum absolute atomic E-state index is 0.103. The molecule has 2 nitrogen and oxygen atoms in total. The summed E-state index contributed by atoms with van der Waals surface area (Å²) in [6.45, 7) is 13.7. The summed E-state index contributed by atoms with van der Waals surface area (Å²) in [6.07, 6.45) is 0. The van der Waals surface area contributed by atoms with Crippen molar-refractivity contribution in [3.05, 3.63) is 260 Å². The first-order valence-corrected chi connectivity index (χ1v) is 30.3. The third-order valence-electron chi connectivity index (χ3n) is 17.1. The number of aromatic nitrogens is 1. The normalized spacial score (nSPS) is 14.8. The summed E-state index contributed by atoms with van der Waals surface area (Å²) in [5, 5.41) is 7.40. The van der Waals surface area contributed by atoms with Crippen LogP contribution in [0.4, 0.5) is 17.1 Å². The van der Waals surface area contributed by atoms with E-state index >= 15 is 0 Å². The second-order valence-electron chi connectivity index (χ2n) is 23.7. The third kappa shape index (κ3) is 7.32. The van der Waals surface area contributed by atoms with Crippen LogP contribution in [0.2, 0.25) is 0 Å². The molecule has 0 saturated heterocycles. The molecular formula is C74H59BN2SSi. The fourth-order valence-corrected chi connectivity index (χ4v) is 19.8. The smallest absolute Gasteiger partial charge is 0.249 e. The molecule has 0 fully saturated rings. The van der Waals surface area contributed by atoms with Gasteiger partial charge in [0.15, 0.2) is 8.07 Å². The van der Waals surface area contributed by atoms with Gasteiger partial charge in [-0.3, -0.25) is 0 Å². The maximum Gasteiger partial charge on any atom is 0.249 e. The Morgan fingerprint density at radius 3 is 1.81 bits per heavy atom. The maximum absolute atomic E-state index is 9.26. The van der Waals surface area contributed by atoms with Crippen molar-refractivity contribution in [3.63, 3.8) is 0 Å². The van der Waals surface area contributed by atoms with Gasteiger partial charge in [0.05, 0.1) is 23.6 Å². The maximum atomic E-state index is 9.26. The van der Waals surface area contributed by atoms with Gasteiger partial charge in [-0.1, -0.05) is 247 Å². The van der Waals surface area contributed by atoms with Gasteiger partial charge < -0.3 is 9.47 Å². The van der Waals surface area contributed by atoms with Crippen molar-refractivity contribution in [2.45, 2.75) is 62.2 Å². The van der Waals surface area contributed by atoms with Gasteiger partial charge in [-0.25, -0.2) is 0 Å². The second-order valence-corrected chi connectivity index (χ2v) is 28.5. The Morgan fingerprint density at radius 1 is 0.430 bits per heavy atom. The van der Waals surface area contributed by atoms with Crippen LogP contribution >= 0.6 is 11.8 Å². The monoisotopic (exact) mass is 1050 g/mol. The number of rotatable bonds is 6. The number of hydrogen-bond donors (Lipinski definition) is 0. The van der Waals surface area contributed by atoms with Gasteiger partial charge in [-0.15, -0.1) is 0 Å². The number of anilines is 3. The largest absolute Gasteiger partial charge is 0.311 e. The lowest BCUT2D eigenvalue weighted by Crippen LogP contribution is -2.73. The SMILES string of the molecule is [2H]c1c([2H])c([2H])c(-n2c3ccccc3c3ccc(-c4cc5c6c(c4)N(c4ccc(C(C)(C)C)cc4-c4ccccc4)c4cc7c(cc4B6c4cc(C(C)(C)C)ccc4S5)[Si](c4ccccc4)(c4ccccc4)c4ccccc4-7)cc32)c([2H])c1[2H]. The van der Waals surface area contributed by atoms with Gasteiger partial charge in [-0.05, 0) is 142 Å². The van der Waals surface area contributed by atoms with E-state index in [2.05, 4.69) is 247 Å². The van der Waals surface area contributed by atoms with Crippen molar-refractivity contribution in [1.82, 2.24) is 4.57 Å². The van der Waals surface area contributed by atoms with Crippen LogP contribution < -0.4 is 42.0 Å². The van der Waals surface area contributed by atoms with Crippen LogP contribution in [-0.2, 0) is 10.8 Å². The summed E-state index contributed by atoms with van der Waals surface area (Å²) < 4.78 is 46.5. The molecule has 12 aromatic rings. The highest BCUT2D eigenvalue weighted by atomic mass is 32.2. The summed E-state index contributed by atoms with van der Waals surface area (Å²) >= 11 is 1.85. The van der Waals surface area contributed by atoms with Crippen LogP contribution in [-0.4, -0.2) is 19.4 Å². The molecule has 5 heteroatoms. The van der Waals surface area contributed by atoms with Gasteiger partial charge in [0.1, 0.15) is 0 Å². The molecule has 378 valence electrons. The minimum Gasteiger partial charge on any atom is -0.311 e. The van der Waals surface area contributed by atoms with Gasteiger partial charge in [-0.2, -0.15) is 0 Å². The molecule has 3 aliphatic rings. The van der Waals surface area contributed by atoms with Crippen molar-refractivity contribution in [2.24, 2.45) is 0 Å². The van der Waals surface area contributed by atoms with Crippen LogP contribution in [0.15, 0.2) is 258 Å². The highest BCUT2D eigenvalue weighted by Crippen LogP contribution is 2.49. The van der Waals surface area contributed by atoms with E-state index in [9.17, 15) is 2.74 Å². The van der Waals surface area contributed by atoms with Crippen molar-refractivity contribution in [2.75, 3.05) is 4.90 Å². The molecule has 0 amide bonds. The molecule has 0 atom stereocenters. The lowest BCUT2D eigenvalue weighted by atomic mass is 9.34. The zero-order valence-electron chi connectivity index (χ0n) is 50.2. The number of para-hydroxylation sites is 2. The lowest BCUT2D eigenvalue weighted by molar-refractivity contribution is 0.590. The topological polar surface area (TPSA) is 8.17 Å². The van der Waals surface area contributed by atoms with E-state index in [1.54, 1.807) is 0 Å². The molecule has 0 aliphatic carbocycles. The van der Waals surface area contributed by atoms with Crippen molar-refractivity contribution in [1.29, 1.82) is 0 Å². The predicted octanol–water partition coefficient (Wildman–Crippen LogP) is 14.8. The Bertz CT molecular complexity index is 4670. The number of fused-ring (bicyclic) bond motifs is 10. The van der Waals surface area contributed by atoms with E-state index in [0.717, 1.165) is 61.1 Å². The summed E-state index contributed by atoms with van der Waals surface area (Å²) in [4.78, 5) is 5.01. The molecule has 3 aliphatic heterocycles. The zero-order chi connectivity index (χ0) is 57.7. The highest BCUT2D eigenvalue weighted by Gasteiger charge is 2.51. The average molecular weight is 1050 g/mol. The van der Waals surface area contributed by atoms with Crippen LogP contribution in [0.3, 0.4) is 0 Å². The Labute approximate surface area is 477 Å². The van der Waals surface area contributed by atoms with Crippen LogP contribution in [0, 0.1) is 0 Å². The van der Waals surface area contributed by atoms with Gasteiger partial charge in [0.2, 0.25) is 6.71 Å². The van der Waals surface area contributed by atoms with Crippen LogP contribution in [0.5, 0.6) is 0 Å². The molecule has 4 heterocycles. The molecular weight excluding hydrogens is 988 g/mol. The fourth-order valence-electron chi connectivity index (χ4n) is 13.4. The Morgan fingerprint density at radius 2 is 1.08 bits per heavy atom. The van der Waals surface area contributed by atoms with Crippen molar-refractivity contribution in [3.8, 4) is 39.1 Å². The van der Waals surface area contributed by atoms with Gasteiger partial charge >= 0.3 is 0 Å². The summed E-state index contributed by atoms with van der Waals surface area (Å²) in [5.41, 5.74) is 18.0. The van der Waals surface area contributed by atoms with Crippen molar-refractivity contribution >= 4 is 103 Å². The van der Waals surface area contributed by atoms with E-state index in [-0.39, 0.29) is 47.4 Å². The van der Waals surface area contributed by atoms with Gasteiger partial charge in [0, 0.05) is 43.2 Å². The molecule has 0 saturated carbocycles. The first kappa shape index (κ1) is 42.6. The number of nitrogens with zero attached hydrogens (tertiary/aromatic N) is 2. The van der Waals surface area contributed by atoms with E-state index in [0.29, 0.717) is 0 Å². The van der Waals surface area contributed by atoms with E-state index in [1.807, 2.05) is 34.5 Å². The Balaban J connectivity index is 1.07. The lowest BCUT2D eigenvalue weighted by Gasteiger charge is -2.42. The van der Waals surface area contributed by atoms with E-state index in [4.69, 9.17) is 4.11 Å². The van der Waals surface area contributed by atoms with Gasteiger partial charge in [0.25, 0.3) is 0 Å². The first-order valence-electron chi connectivity index (χ1n) is 30.0. The minimum atomic E-state index is -2.95. The molecule has 0 radical (unpaired) electrons. The second kappa shape index (κ2) is 17.8. The molecule has 0 N–H and O–H groups in total. The summed E-state index contributed by atoms with van der Waals surface area (Å²) in [6, 6.07) is 79.9. The Hall–Kier alpha value is -8.35. The molecule has 79 heavy (non-hydrogen) atoms. The van der Waals surface area contributed by atoms with E-state index in [1.165, 1.54) is 69.2 Å². The summed E-state index contributed by atoms with van der Waals surface area (Å²) in [7, 11) is -2.95. The Kier molecular flexibility index (Phi) is 9.63. The van der Waals surface area contributed by atoms with Crippen molar-refractivity contribution < 1.29 is 6.85 Å². The fraction of sp³-hybridized carbons (Fsp3) is 0.108. The predicted molar refractivity (Wildman–Crippen MR) is 342 cm³/mol. The molecule has 11 aromatic carbocycles. The molecule has 0 spiro atoms. The van der Waals surface area contributed by atoms with Crippen LogP contribution in [0.25, 0.3) is 60.9 Å².